The minimum absolute atomic E-state index is 0.149. The Hall–Kier alpha value is -2.72. The molecule has 10 heteroatoms. The molecule has 0 amide bonds. The lowest BCUT2D eigenvalue weighted by atomic mass is 9.94. The molecule has 0 unspecified atom stereocenters. The monoisotopic (exact) mass is 399 g/mol. The number of piperazine rings is 1. The Labute approximate surface area is 157 Å². The molecular formula is C18H17F4N3O3. The van der Waals surface area contributed by atoms with E-state index in [1.165, 1.54) is 12.1 Å². The molecule has 1 saturated heterocycles. The third-order valence-electron chi connectivity index (χ3n) is 4.43. The summed E-state index contributed by atoms with van der Waals surface area (Å²) in [5, 5.41) is 14.6. The van der Waals surface area contributed by atoms with Crippen LogP contribution in [-0.4, -0.2) is 42.4 Å². The number of alkyl halides is 3. The molecule has 0 aliphatic carbocycles. The lowest BCUT2D eigenvalue weighted by molar-refractivity contribution is -0.386. The van der Waals surface area contributed by atoms with E-state index >= 15 is 0 Å². The summed E-state index contributed by atoms with van der Waals surface area (Å²) in [5.74, 6) is -1.03. The third kappa shape index (κ3) is 4.76. The van der Waals surface area contributed by atoms with Gasteiger partial charge in [-0.05, 0) is 29.8 Å². The van der Waals surface area contributed by atoms with Crippen LogP contribution in [0, 0.1) is 15.9 Å². The van der Waals surface area contributed by atoms with Crippen LogP contribution in [0.2, 0.25) is 0 Å². The molecule has 1 heterocycles. The zero-order valence-corrected chi connectivity index (χ0v) is 14.6. The number of nitro groups is 1. The van der Waals surface area contributed by atoms with Gasteiger partial charge in [-0.25, -0.2) is 4.39 Å². The predicted octanol–water partition coefficient (Wildman–Crippen LogP) is 3.63. The smallest absolute Gasteiger partial charge is 0.406 e. The summed E-state index contributed by atoms with van der Waals surface area (Å²) in [6.45, 7) is 2.35. The molecule has 0 radical (unpaired) electrons. The molecule has 1 atom stereocenters. The largest absolute Gasteiger partial charge is 0.573 e. The molecular weight excluding hydrogens is 382 g/mol. The zero-order chi connectivity index (χ0) is 20.3. The van der Waals surface area contributed by atoms with Gasteiger partial charge in [0.25, 0.3) is 5.69 Å². The predicted molar refractivity (Wildman–Crippen MR) is 92.5 cm³/mol. The molecule has 2 aromatic carbocycles. The Kier molecular flexibility index (Phi) is 5.80. The van der Waals surface area contributed by atoms with Crippen molar-refractivity contribution >= 4 is 5.69 Å². The highest BCUT2D eigenvalue weighted by molar-refractivity contribution is 5.47. The summed E-state index contributed by atoms with van der Waals surface area (Å²) in [4.78, 5) is 12.8. The van der Waals surface area contributed by atoms with Gasteiger partial charge in [0.2, 0.25) is 0 Å². The van der Waals surface area contributed by atoms with E-state index < -0.39 is 28.9 Å². The van der Waals surface area contributed by atoms with Crippen molar-refractivity contribution in [2.24, 2.45) is 0 Å². The van der Waals surface area contributed by atoms with E-state index in [1.54, 1.807) is 0 Å². The van der Waals surface area contributed by atoms with Crippen LogP contribution in [0.1, 0.15) is 17.2 Å². The van der Waals surface area contributed by atoms with Gasteiger partial charge >= 0.3 is 6.36 Å². The Morgan fingerprint density at radius 1 is 1.11 bits per heavy atom. The summed E-state index contributed by atoms with van der Waals surface area (Å²) < 4.78 is 54.9. The first kappa shape index (κ1) is 20.0. The zero-order valence-electron chi connectivity index (χ0n) is 14.6. The molecule has 0 saturated carbocycles. The fourth-order valence-electron chi connectivity index (χ4n) is 3.29. The normalized spacial score (nSPS) is 16.6. The Bertz CT molecular complexity index is 837. The van der Waals surface area contributed by atoms with Gasteiger partial charge in [0.15, 0.2) is 0 Å². The highest BCUT2D eigenvalue weighted by Gasteiger charge is 2.32. The number of hydrogen-bond acceptors (Lipinski definition) is 5. The van der Waals surface area contributed by atoms with E-state index in [-0.39, 0.29) is 11.3 Å². The molecule has 3 rings (SSSR count). The third-order valence-corrected chi connectivity index (χ3v) is 4.43. The van der Waals surface area contributed by atoms with E-state index in [1.807, 2.05) is 4.90 Å². The van der Waals surface area contributed by atoms with Crippen LogP contribution < -0.4 is 10.1 Å². The van der Waals surface area contributed by atoms with E-state index in [9.17, 15) is 27.7 Å². The van der Waals surface area contributed by atoms with Crippen molar-refractivity contribution in [1.29, 1.82) is 0 Å². The van der Waals surface area contributed by atoms with Crippen molar-refractivity contribution in [3.63, 3.8) is 0 Å². The van der Waals surface area contributed by atoms with Crippen LogP contribution in [0.25, 0.3) is 0 Å². The van der Waals surface area contributed by atoms with E-state index in [0.29, 0.717) is 31.7 Å². The van der Waals surface area contributed by atoms with Crippen LogP contribution >= 0.6 is 0 Å². The fourth-order valence-corrected chi connectivity index (χ4v) is 3.29. The van der Waals surface area contributed by atoms with Crippen LogP contribution in [-0.2, 0) is 0 Å². The van der Waals surface area contributed by atoms with Crippen molar-refractivity contribution in [2.75, 3.05) is 26.2 Å². The number of nitro benzene ring substituents is 1. The van der Waals surface area contributed by atoms with Gasteiger partial charge < -0.3 is 10.1 Å². The highest BCUT2D eigenvalue weighted by Crippen LogP contribution is 2.36. The molecule has 6 nitrogen and oxygen atoms in total. The van der Waals surface area contributed by atoms with Gasteiger partial charge in [-0.1, -0.05) is 12.1 Å². The summed E-state index contributed by atoms with van der Waals surface area (Å²) in [7, 11) is 0. The van der Waals surface area contributed by atoms with Gasteiger partial charge in [0, 0.05) is 32.2 Å². The molecule has 1 aliphatic heterocycles. The van der Waals surface area contributed by atoms with Crippen molar-refractivity contribution in [3.05, 3.63) is 69.5 Å². The second-order valence-electron chi connectivity index (χ2n) is 6.27. The minimum atomic E-state index is -4.82. The van der Waals surface area contributed by atoms with Crippen molar-refractivity contribution < 1.29 is 27.2 Å². The molecule has 0 spiro atoms. The van der Waals surface area contributed by atoms with Gasteiger partial charge in [-0.15, -0.1) is 13.2 Å². The summed E-state index contributed by atoms with van der Waals surface area (Å²) in [6.07, 6.45) is -4.82. The van der Waals surface area contributed by atoms with E-state index in [2.05, 4.69) is 10.1 Å². The fraction of sp³-hybridized carbons (Fsp3) is 0.333. The summed E-state index contributed by atoms with van der Waals surface area (Å²) in [6, 6.07) is 7.62. The first-order chi connectivity index (χ1) is 13.2. The van der Waals surface area contributed by atoms with Crippen molar-refractivity contribution in [1.82, 2.24) is 10.2 Å². The maximum Gasteiger partial charge on any atom is 0.573 e. The second-order valence-corrected chi connectivity index (χ2v) is 6.27. The van der Waals surface area contributed by atoms with Crippen molar-refractivity contribution in [3.8, 4) is 5.75 Å². The molecule has 1 N–H and O–H groups in total. The molecule has 1 fully saturated rings. The standard InChI is InChI=1S/C18H17F4N3O3/c19-13-3-6-16(25(26)27)15(11-13)17(24-9-7-23-8-10-24)12-1-4-14(5-2-12)28-18(20,21)22/h1-6,11,17,23H,7-10H2/t17-/m0/s1. The number of benzene rings is 2. The molecule has 0 aromatic heterocycles. The topological polar surface area (TPSA) is 67.6 Å². The van der Waals surface area contributed by atoms with Crippen LogP contribution in [0.3, 0.4) is 0 Å². The first-order valence-electron chi connectivity index (χ1n) is 8.49. The Balaban J connectivity index is 2.03. The number of nitrogens with one attached hydrogen (secondary N) is 1. The molecule has 28 heavy (non-hydrogen) atoms. The maximum atomic E-state index is 13.9. The number of nitrogens with zero attached hydrogens (tertiary/aromatic N) is 2. The average Bonchev–Trinajstić information content (AvgIpc) is 2.63. The highest BCUT2D eigenvalue weighted by atomic mass is 19.4. The number of halogens is 4. The second kappa shape index (κ2) is 8.11. The van der Waals surface area contributed by atoms with Crippen LogP contribution in [0.15, 0.2) is 42.5 Å². The van der Waals surface area contributed by atoms with E-state index in [0.717, 1.165) is 30.3 Å². The van der Waals surface area contributed by atoms with E-state index in [4.69, 9.17) is 0 Å². The van der Waals surface area contributed by atoms with Crippen LogP contribution in [0.4, 0.5) is 23.2 Å². The van der Waals surface area contributed by atoms with Gasteiger partial charge in [-0.3, -0.25) is 15.0 Å². The number of rotatable bonds is 5. The quantitative estimate of drug-likeness (QED) is 0.473. The SMILES string of the molecule is O=[N+]([O-])c1ccc(F)cc1[C@H](c1ccc(OC(F)(F)F)cc1)N1CCNCC1. The van der Waals surface area contributed by atoms with Gasteiger partial charge in [-0.2, -0.15) is 0 Å². The Morgan fingerprint density at radius 3 is 2.32 bits per heavy atom. The van der Waals surface area contributed by atoms with Gasteiger partial charge in [0.1, 0.15) is 11.6 Å². The van der Waals surface area contributed by atoms with Gasteiger partial charge in [0.05, 0.1) is 16.5 Å². The summed E-state index contributed by atoms with van der Waals surface area (Å²) in [5.41, 5.74) is 0.405. The molecule has 2 aromatic rings. The summed E-state index contributed by atoms with van der Waals surface area (Å²) >= 11 is 0. The molecule has 1 aliphatic rings. The average molecular weight is 399 g/mol. The maximum absolute atomic E-state index is 13.9. The van der Waals surface area contributed by atoms with Crippen LogP contribution in [0.5, 0.6) is 5.75 Å². The number of ether oxygens (including phenoxy) is 1. The minimum Gasteiger partial charge on any atom is -0.406 e. The first-order valence-corrected chi connectivity index (χ1v) is 8.49. The Morgan fingerprint density at radius 2 is 1.75 bits per heavy atom. The van der Waals surface area contributed by atoms with Crippen molar-refractivity contribution in [2.45, 2.75) is 12.4 Å². The number of hydrogen-bond donors (Lipinski definition) is 1. The molecule has 0 bridgehead atoms. The lowest BCUT2D eigenvalue weighted by Gasteiger charge is -2.35. The molecule has 150 valence electrons. The lowest BCUT2D eigenvalue weighted by Crippen LogP contribution is -2.45.